The second-order valence-electron chi connectivity index (χ2n) is 4.38. The van der Waals surface area contributed by atoms with Crippen LogP contribution in [0.1, 0.15) is 24.8 Å². The number of rotatable bonds is 3. The van der Waals surface area contributed by atoms with Crippen molar-refractivity contribution in [2.45, 2.75) is 19.3 Å². The van der Waals surface area contributed by atoms with Gasteiger partial charge in [0.05, 0.1) is 24.7 Å². The predicted octanol–water partition coefficient (Wildman–Crippen LogP) is 2.83. The first-order valence-electron chi connectivity index (χ1n) is 6.19. The van der Waals surface area contributed by atoms with E-state index in [1.807, 2.05) is 12.1 Å². The summed E-state index contributed by atoms with van der Waals surface area (Å²) in [5.74, 6) is 0.428. The van der Waals surface area contributed by atoms with Crippen molar-refractivity contribution in [2.24, 2.45) is 5.92 Å². The Kier molecular flexibility index (Phi) is 4.19. The highest BCUT2D eigenvalue weighted by Gasteiger charge is 2.22. The summed E-state index contributed by atoms with van der Waals surface area (Å²) in [7, 11) is 1.48. The molecule has 0 spiro atoms. The lowest BCUT2D eigenvalue weighted by atomic mass is 9.95. The average Bonchev–Trinajstić information content (AvgIpc) is 2.48. The molecule has 0 bridgehead atoms. The van der Waals surface area contributed by atoms with E-state index in [0.717, 1.165) is 19.3 Å². The zero-order chi connectivity index (χ0) is 13.7. The van der Waals surface area contributed by atoms with Crippen LogP contribution in [0, 0.1) is 17.2 Å². The average molecular weight is 257 g/mol. The smallest absolute Gasteiger partial charge is 0.314 e. The van der Waals surface area contributed by atoms with Crippen LogP contribution >= 0.6 is 0 Å². The van der Waals surface area contributed by atoms with Crippen LogP contribution in [0.2, 0.25) is 0 Å². The Balaban J connectivity index is 2.12. The molecule has 1 aliphatic carbocycles. The Labute approximate surface area is 112 Å². The van der Waals surface area contributed by atoms with Gasteiger partial charge in [-0.3, -0.25) is 4.79 Å². The first-order valence-corrected chi connectivity index (χ1v) is 6.19. The Hall–Kier alpha value is -2.28. The van der Waals surface area contributed by atoms with Crippen LogP contribution in [0.3, 0.4) is 0 Å². The van der Waals surface area contributed by atoms with Crippen LogP contribution in [0.15, 0.2) is 30.4 Å². The van der Waals surface area contributed by atoms with Gasteiger partial charge >= 0.3 is 5.97 Å². The number of carbonyl (C=O) groups is 1. The monoisotopic (exact) mass is 257 g/mol. The Morgan fingerprint density at radius 3 is 2.84 bits per heavy atom. The largest absolute Gasteiger partial charge is 0.493 e. The molecule has 2 rings (SSSR count). The molecule has 0 saturated heterocycles. The third kappa shape index (κ3) is 3.14. The van der Waals surface area contributed by atoms with Crippen LogP contribution in [0.25, 0.3) is 0 Å². The first-order chi connectivity index (χ1) is 9.24. The molecular weight excluding hydrogens is 242 g/mol. The molecule has 0 aliphatic heterocycles. The summed E-state index contributed by atoms with van der Waals surface area (Å²) in [5.41, 5.74) is 0.470. The first kappa shape index (κ1) is 13.2. The van der Waals surface area contributed by atoms with Crippen LogP contribution in [-0.4, -0.2) is 13.1 Å². The van der Waals surface area contributed by atoms with Gasteiger partial charge in [-0.15, -0.1) is 0 Å². The molecule has 0 N–H and O–H groups in total. The van der Waals surface area contributed by atoms with Crippen molar-refractivity contribution in [1.29, 1.82) is 5.26 Å². The topological polar surface area (TPSA) is 59.3 Å². The maximum atomic E-state index is 12.0. The number of allylic oxidation sites excluding steroid dienone is 2. The summed E-state index contributed by atoms with van der Waals surface area (Å²) < 4.78 is 10.5. The number of carbonyl (C=O) groups excluding carboxylic acids is 1. The Morgan fingerprint density at radius 2 is 2.21 bits per heavy atom. The molecule has 0 fully saturated rings. The third-order valence-electron chi connectivity index (χ3n) is 3.11. The summed E-state index contributed by atoms with van der Waals surface area (Å²) >= 11 is 0. The number of hydrogen-bond acceptors (Lipinski definition) is 4. The number of hydrogen-bond donors (Lipinski definition) is 0. The molecule has 0 unspecified atom stereocenters. The van der Waals surface area contributed by atoms with E-state index in [4.69, 9.17) is 14.7 Å². The lowest BCUT2D eigenvalue weighted by Crippen LogP contribution is -2.21. The van der Waals surface area contributed by atoms with Crippen LogP contribution < -0.4 is 9.47 Å². The van der Waals surface area contributed by atoms with Gasteiger partial charge in [-0.2, -0.15) is 5.26 Å². The van der Waals surface area contributed by atoms with Gasteiger partial charge in [0.2, 0.25) is 0 Å². The number of nitriles is 1. The fourth-order valence-electron chi connectivity index (χ4n) is 2.02. The molecule has 0 saturated carbocycles. The van der Waals surface area contributed by atoms with E-state index < -0.39 is 0 Å². The molecule has 19 heavy (non-hydrogen) atoms. The summed E-state index contributed by atoms with van der Waals surface area (Å²) in [4.78, 5) is 12.0. The van der Waals surface area contributed by atoms with Crippen molar-refractivity contribution < 1.29 is 14.3 Å². The zero-order valence-corrected chi connectivity index (χ0v) is 10.8. The molecule has 1 aliphatic rings. The Bertz CT molecular complexity index is 543. The van der Waals surface area contributed by atoms with E-state index >= 15 is 0 Å². The molecule has 0 heterocycles. The SMILES string of the molecule is COc1cc(C#N)ccc1OC(=O)[C@@H]1CC=CCC1. The summed E-state index contributed by atoms with van der Waals surface area (Å²) in [5, 5.41) is 8.81. The van der Waals surface area contributed by atoms with E-state index in [9.17, 15) is 4.79 Å². The van der Waals surface area contributed by atoms with E-state index in [1.165, 1.54) is 7.11 Å². The third-order valence-corrected chi connectivity index (χ3v) is 3.11. The van der Waals surface area contributed by atoms with Crippen molar-refractivity contribution in [3.8, 4) is 17.6 Å². The molecule has 0 amide bonds. The minimum absolute atomic E-state index is 0.0923. The molecule has 4 heteroatoms. The molecule has 98 valence electrons. The molecule has 4 nitrogen and oxygen atoms in total. The van der Waals surface area contributed by atoms with Gasteiger partial charge in [-0.1, -0.05) is 12.2 Å². The van der Waals surface area contributed by atoms with Crippen molar-refractivity contribution in [3.63, 3.8) is 0 Å². The lowest BCUT2D eigenvalue weighted by molar-refractivity contribution is -0.139. The second-order valence-corrected chi connectivity index (χ2v) is 4.38. The van der Waals surface area contributed by atoms with Crippen molar-refractivity contribution >= 4 is 5.97 Å². The van der Waals surface area contributed by atoms with Crippen LogP contribution in [0.5, 0.6) is 11.5 Å². The minimum atomic E-state index is -0.243. The van der Waals surface area contributed by atoms with Crippen molar-refractivity contribution in [1.82, 2.24) is 0 Å². The van der Waals surface area contributed by atoms with Gasteiger partial charge < -0.3 is 9.47 Å². The maximum Gasteiger partial charge on any atom is 0.314 e. The van der Waals surface area contributed by atoms with Gasteiger partial charge in [-0.25, -0.2) is 0 Å². The van der Waals surface area contributed by atoms with Gasteiger partial charge in [0, 0.05) is 6.07 Å². The van der Waals surface area contributed by atoms with E-state index in [0.29, 0.717) is 17.1 Å². The highest BCUT2D eigenvalue weighted by molar-refractivity contribution is 5.76. The summed E-state index contributed by atoms with van der Waals surface area (Å²) in [6.45, 7) is 0. The number of esters is 1. The zero-order valence-electron chi connectivity index (χ0n) is 10.8. The number of benzene rings is 1. The van der Waals surface area contributed by atoms with Gasteiger partial charge in [-0.05, 0) is 31.4 Å². The highest BCUT2D eigenvalue weighted by Crippen LogP contribution is 2.30. The van der Waals surface area contributed by atoms with Crippen molar-refractivity contribution in [3.05, 3.63) is 35.9 Å². The van der Waals surface area contributed by atoms with E-state index in [-0.39, 0.29) is 11.9 Å². The van der Waals surface area contributed by atoms with Crippen molar-refractivity contribution in [2.75, 3.05) is 7.11 Å². The standard InChI is InChI=1S/C15H15NO3/c1-18-14-9-11(10-16)7-8-13(14)19-15(17)12-5-3-2-4-6-12/h2-3,7-9,12H,4-6H2,1H3/t12-/m1/s1. The molecule has 1 atom stereocenters. The fourth-order valence-corrected chi connectivity index (χ4v) is 2.02. The summed E-state index contributed by atoms with van der Waals surface area (Å²) in [6.07, 6.45) is 6.52. The van der Waals surface area contributed by atoms with Gasteiger partial charge in [0.25, 0.3) is 0 Å². The van der Waals surface area contributed by atoms with E-state index in [1.54, 1.807) is 18.2 Å². The van der Waals surface area contributed by atoms with Gasteiger partial charge in [0.1, 0.15) is 0 Å². The Morgan fingerprint density at radius 1 is 1.37 bits per heavy atom. The number of ether oxygens (including phenoxy) is 2. The molecule has 1 aromatic carbocycles. The molecule has 0 aromatic heterocycles. The molecular formula is C15H15NO3. The quantitative estimate of drug-likeness (QED) is 0.474. The van der Waals surface area contributed by atoms with Crippen LogP contribution in [0.4, 0.5) is 0 Å². The van der Waals surface area contributed by atoms with Gasteiger partial charge in [0.15, 0.2) is 11.5 Å². The lowest BCUT2D eigenvalue weighted by Gasteiger charge is -2.17. The predicted molar refractivity (Wildman–Crippen MR) is 69.8 cm³/mol. The normalized spacial score (nSPS) is 17.6. The molecule has 0 radical (unpaired) electrons. The second kappa shape index (κ2) is 6.05. The highest BCUT2D eigenvalue weighted by atomic mass is 16.6. The van der Waals surface area contributed by atoms with E-state index in [2.05, 4.69) is 6.08 Å². The minimum Gasteiger partial charge on any atom is -0.493 e. The number of methoxy groups -OCH3 is 1. The number of nitrogens with zero attached hydrogens (tertiary/aromatic N) is 1. The molecule has 1 aromatic rings. The van der Waals surface area contributed by atoms with Crippen LogP contribution in [-0.2, 0) is 4.79 Å². The fraction of sp³-hybridized carbons (Fsp3) is 0.333. The maximum absolute atomic E-state index is 12.0. The summed E-state index contributed by atoms with van der Waals surface area (Å²) in [6, 6.07) is 6.77.